The second-order valence-electron chi connectivity index (χ2n) is 5.81. The van der Waals surface area contributed by atoms with Crippen LogP contribution in [0.1, 0.15) is 50.7 Å². The normalized spacial score (nSPS) is 14.1. The minimum absolute atomic E-state index is 0.0449. The van der Waals surface area contributed by atoms with E-state index < -0.39 is 0 Å². The largest absolute Gasteiger partial charge is 0.398 e. The van der Waals surface area contributed by atoms with Crippen molar-refractivity contribution < 1.29 is 4.79 Å². The lowest BCUT2D eigenvalue weighted by atomic mass is 9.96. The van der Waals surface area contributed by atoms with Gasteiger partial charge in [0.1, 0.15) is 0 Å². The Morgan fingerprint density at radius 3 is 2.73 bits per heavy atom. The molecule has 1 aromatic heterocycles. The Balaban J connectivity index is 1.82. The van der Waals surface area contributed by atoms with E-state index in [0.29, 0.717) is 30.3 Å². The van der Waals surface area contributed by atoms with E-state index >= 15 is 0 Å². The molecule has 1 aliphatic carbocycles. The summed E-state index contributed by atoms with van der Waals surface area (Å²) in [6.45, 7) is 2.88. The lowest BCUT2D eigenvalue weighted by Crippen LogP contribution is -2.24. The Bertz CT molecular complexity index is 704. The van der Waals surface area contributed by atoms with Crippen LogP contribution in [0.3, 0.4) is 0 Å². The Labute approximate surface area is 134 Å². The lowest BCUT2D eigenvalue weighted by Gasteiger charge is -2.16. The summed E-state index contributed by atoms with van der Waals surface area (Å²) in [4.78, 5) is 13.4. The Morgan fingerprint density at radius 2 is 2.14 bits per heavy atom. The predicted octanol–water partition coefficient (Wildman–Crippen LogP) is 2.90. The summed E-state index contributed by atoms with van der Waals surface area (Å²) < 4.78 is 0. The molecule has 4 nitrogen and oxygen atoms in total. The molecule has 0 atom stereocenters. The van der Waals surface area contributed by atoms with Crippen LogP contribution in [0.15, 0.2) is 23.6 Å². The van der Waals surface area contributed by atoms with Gasteiger partial charge >= 0.3 is 0 Å². The molecule has 1 fully saturated rings. The SMILES string of the molecule is Cc1cc(C(=O)NCc2c(C3CC3)ccc(N)c2CN)cs1. The Kier molecular flexibility index (Phi) is 4.18. The minimum Gasteiger partial charge on any atom is -0.398 e. The fourth-order valence-corrected chi connectivity index (χ4v) is 3.47. The predicted molar refractivity (Wildman–Crippen MR) is 90.9 cm³/mol. The summed E-state index contributed by atoms with van der Waals surface area (Å²) in [5.41, 5.74) is 16.7. The number of carbonyl (C=O) groups excluding carboxylic acids is 1. The lowest BCUT2D eigenvalue weighted by molar-refractivity contribution is 0.0951. The zero-order chi connectivity index (χ0) is 15.7. The van der Waals surface area contributed by atoms with Crippen molar-refractivity contribution in [1.82, 2.24) is 5.32 Å². The van der Waals surface area contributed by atoms with Crippen molar-refractivity contribution in [3.63, 3.8) is 0 Å². The number of carbonyl (C=O) groups is 1. The van der Waals surface area contributed by atoms with E-state index in [1.54, 1.807) is 11.3 Å². The number of hydrogen-bond donors (Lipinski definition) is 3. The maximum Gasteiger partial charge on any atom is 0.252 e. The Morgan fingerprint density at radius 1 is 1.36 bits per heavy atom. The van der Waals surface area contributed by atoms with Crippen molar-refractivity contribution in [3.8, 4) is 0 Å². The molecule has 5 N–H and O–H groups in total. The molecular weight excluding hydrogens is 294 g/mol. The zero-order valence-electron chi connectivity index (χ0n) is 12.7. The standard InChI is InChI=1S/C17H21N3OS/c1-10-6-12(9-22-10)17(21)20-8-15-13(11-2-3-11)4-5-16(19)14(15)7-18/h4-6,9,11H,2-3,7-8,18-19H2,1H3,(H,20,21). The van der Waals surface area contributed by atoms with Crippen molar-refractivity contribution in [2.75, 3.05) is 5.73 Å². The number of rotatable bonds is 5. The molecule has 0 bridgehead atoms. The molecule has 1 heterocycles. The van der Waals surface area contributed by atoms with Crippen LogP contribution < -0.4 is 16.8 Å². The van der Waals surface area contributed by atoms with Crippen LogP contribution in [0.25, 0.3) is 0 Å². The van der Waals surface area contributed by atoms with Gasteiger partial charge in [0.25, 0.3) is 5.91 Å². The highest BCUT2D eigenvalue weighted by molar-refractivity contribution is 7.10. The van der Waals surface area contributed by atoms with Gasteiger partial charge in [0.05, 0.1) is 5.56 Å². The van der Waals surface area contributed by atoms with Gasteiger partial charge in [-0.2, -0.15) is 0 Å². The van der Waals surface area contributed by atoms with Crippen molar-refractivity contribution in [2.24, 2.45) is 5.73 Å². The van der Waals surface area contributed by atoms with E-state index in [4.69, 9.17) is 11.5 Å². The van der Waals surface area contributed by atoms with Crippen molar-refractivity contribution in [2.45, 2.75) is 38.8 Å². The molecule has 1 saturated carbocycles. The highest BCUT2D eigenvalue weighted by Crippen LogP contribution is 2.43. The van der Waals surface area contributed by atoms with E-state index in [-0.39, 0.29) is 5.91 Å². The number of hydrogen-bond acceptors (Lipinski definition) is 4. The smallest absolute Gasteiger partial charge is 0.252 e. The van der Waals surface area contributed by atoms with E-state index in [2.05, 4.69) is 11.4 Å². The van der Waals surface area contributed by atoms with Gasteiger partial charge in [0.15, 0.2) is 0 Å². The number of nitrogens with one attached hydrogen (secondary N) is 1. The molecule has 1 aromatic carbocycles. The van der Waals surface area contributed by atoms with Crippen LogP contribution in [0, 0.1) is 6.92 Å². The highest BCUT2D eigenvalue weighted by Gasteiger charge is 2.27. The van der Waals surface area contributed by atoms with Gasteiger partial charge in [0.2, 0.25) is 0 Å². The summed E-state index contributed by atoms with van der Waals surface area (Å²) in [6, 6.07) is 5.93. The third kappa shape index (κ3) is 3.00. The third-order valence-corrected chi connectivity index (χ3v) is 5.00. The molecule has 0 aliphatic heterocycles. The third-order valence-electron chi connectivity index (χ3n) is 4.14. The van der Waals surface area contributed by atoms with Gasteiger partial charge < -0.3 is 16.8 Å². The van der Waals surface area contributed by atoms with Crippen molar-refractivity contribution in [3.05, 3.63) is 50.7 Å². The van der Waals surface area contributed by atoms with Crippen LogP contribution in [0.5, 0.6) is 0 Å². The molecule has 0 saturated heterocycles. The maximum absolute atomic E-state index is 12.2. The van der Waals surface area contributed by atoms with Crippen LogP contribution in [0.4, 0.5) is 5.69 Å². The number of nitrogens with two attached hydrogens (primary N) is 2. The molecule has 0 spiro atoms. The molecule has 116 valence electrons. The average Bonchev–Trinajstić information content (AvgIpc) is 3.25. The first-order chi connectivity index (χ1) is 10.6. The number of amides is 1. The first kappa shape index (κ1) is 15.1. The molecule has 3 rings (SSSR count). The monoisotopic (exact) mass is 315 g/mol. The fraction of sp³-hybridized carbons (Fsp3) is 0.353. The van der Waals surface area contributed by atoms with Crippen LogP contribution in [-0.4, -0.2) is 5.91 Å². The van der Waals surface area contributed by atoms with E-state index in [9.17, 15) is 4.79 Å². The van der Waals surface area contributed by atoms with Gasteiger partial charge in [-0.05, 0) is 54.5 Å². The summed E-state index contributed by atoms with van der Waals surface area (Å²) in [6.07, 6.45) is 2.41. The van der Waals surface area contributed by atoms with Crippen LogP contribution in [0.2, 0.25) is 0 Å². The van der Waals surface area contributed by atoms with E-state index in [0.717, 1.165) is 16.0 Å². The average molecular weight is 315 g/mol. The summed E-state index contributed by atoms with van der Waals surface area (Å²) in [7, 11) is 0. The Hall–Kier alpha value is -1.85. The highest BCUT2D eigenvalue weighted by atomic mass is 32.1. The number of aryl methyl sites for hydroxylation is 1. The summed E-state index contributed by atoms with van der Waals surface area (Å²) in [5.74, 6) is 0.553. The molecule has 5 heteroatoms. The molecule has 0 unspecified atom stereocenters. The van der Waals surface area contributed by atoms with Crippen molar-refractivity contribution in [1.29, 1.82) is 0 Å². The number of benzene rings is 1. The summed E-state index contributed by atoms with van der Waals surface area (Å²) in [5, 5.41) is 4.89. The molecule has 1 amide bonds. The molecule has 2 aromatic rings. The number of nitrogen functional groups attached to an aromatic ring is 1. The molecule has 1 aliphatic rings. The first-order valence-corrected chi connectivity index (χ1v) is 8.41. The van der Waals surface area contributed by atoms with Crippen LogP contribution >= 0.6 is 11.3 Å². The van der Waals surface area contributed by atoms with Crippen molar-refractivity contribution >= 4 is 22.9 Å². The fourth-order valence-electron chi connectivity index (χ4n) is 2.79. The van der Waals surface area contributed by atoms with E-state index in [1.807, 2.05) is 24.4 Å². The second kappa shape index (κ2) is 6.10. The minimum atomic E-state index is -0.0449. The quantitative estimate of drug-likeness (QED) is 0.742. The molecule has 0 radical (unpaired) electrons. The van der Waals surface area contributed by atoms with E-state index in [1.165, 1.54) is 18.4 Å². The number of anilines is 1. The maximum atomic E-state index is 12.2. The van der Waals surface area contributed by atoms with Crippen LogP contribution in [-0.2, 0) is 13.1 Å². The van der Waals surface area contributed by atoms with Gasteiger partial charge in [-0.3, -0.25) is 4.79 Å². The second-order valence-corrected chi connectivity index (χ2v) is 6.92. The molecule has 22 heavy (non-hydrogen) atoms. The van der Waals surface area contributed by atoms with Gasteiger partial charge in [-0.15, -0.1) is 11.3 Å². The number of thiophene rings is 1. The van der Waals surface area contributed by atoms with Gasteiger partial charge in [-0.1, -0.05) is 6.07 Å². The zero-order valence-corrected chi connectivity index (χ0v) is 13.5. The van der Waals surface area contributed by atoms with Gasteiger partial charge in [-0.25, -0.2) is 0 Å². The first-order valence-electron chi connectivity index (χ1n) is 7.53. The van der Waals surface area contributed by atoms with Gasteiger partial charge in [0, 0.05) is 29.0 Å². The topological polar surface area (TPSA) is 81.1 Å². The molecular formula is C17H21N3OS. The summed E-state index contributed by atoms with van der Waals surface area (Å²) >= 11 is 1.58.